The summed E-state index contributed by atoms with van der Waals surface area (Å²) in [5.41, 5.74) is 5.72. The van der Waals surface area contributed by atoms with Crippen LogP contribution >= 0.6 is 11.6 Å². The highest BCUT2D eigenvalue weighted by atomic mass is 35.5. The molecule has 0 saturated carbocycles. The molecule has 7 heteroatoms. The quantitative estimate of drug-likeness (QED) is 0.745. The molecular formula is C11H16ClF2N3O. The summed E-state index contributed by atoms with van der Waals surface area (Å²) in [7, 11) is 1.50. The molecule has 0 aliphatic carbocycles. The van der Waals surface area contributed by atoms with E-state index in [2.05, 4.69) is 10.3 Å². The minimum Gasteiger partial charge on any atom is -0.383 e. The second-order valence-corrected chi connectivity index (χ2v) is 4.25. The van der Waals surface area contributed by atoms with Crippen molar-refractivity contribution in [3.63, 3.8) is 0 Å². The number of nitrogens with zero attached hydrogens (tertiary/aromatic N) is 1. The number of ether oxygens (including phenoxy) is 1. The van der Waals surface area contributed by atoms with Gasteiger partial charge in [-0.15, -0.1) is 0 Å². The summed E-state index contributed by atoms with van der Waals surface area (Å²) < 4.78 is 31.2. The lowest BCUT2D eigenvalue weighted by Gasteiger charge is -2.22. The topological polar surface area (TPSA) is 60.2 Å². The molecule has 0 aromatic carbocycles. The van der Waals surface area contributed by atoms with E-state index in [9.17, 15) is 8.78 Å². The van der Waals surface area contributed by atoms with Gasteiger partial charge in [0.25, 0.3) is 5.92 Å². The average molecular weight is 280 g/mol. The Morgan fingerprint density at radius 2 is 2.33 bits per heavy atom. The van der Waals surface area contributed by atoms with Crippen molar-refractivity contribution in [2.45, 2.75) is 12.0 Å². The van der Waals surface area contributed by atoms with Crippen molar-refractivity contribution in [2.24, 2.45) is 5.73 Å². The Labute approximate surface area is 109 Å². The molecule has 0 amide bonds. The Kier molecular flexibility index (Phi) is 5.87. The van der Waals surface area contributed by atoms with Gasteiger partial charge in [-0.25, -0.2) is 13.8 Å². The monoisotopic (exact) mass is 279 g/mol. The SMILES string of the molecule is COCC(NCC(F)(F)CN)c1ccnc(Cl)c1. The molecule has 4 nitrogen and oxygen atoms in total. The van der Waals surface area contributed by atoms with Gasteiger partial charge >= 0.3 is 0 Å². The third kappa shape index (κ3) is 4.81. The highest BCUT2D eigenvalue weighted by Crippen LogP contribution is 2.18. The number of hydrogen-bond acceptors (Lipinski definition) is 4. The summed E-state index contributed by atoms with van der Waals surface area (Å²) in [6.45, 7) is -0.963. The first-order chi connectivity index (χ1) is 8.48. The predicted octanol–water partition coefficient (Wildman–Crippen LogP) is 1.61. The van der Waals surface area contributed by atoms with Crippen molar-refractivity contribution >= 4 is 11.6 Å². The molecule has 0 aliphatic heterocycles. The first-order valence-electron chi connectivity index (χ1n) is 5.40. The van der Waals surface area contributed by atoms with Crippen LogP contribution in [-0.2, 0) is 4.74 Å². The number of pyridine rings is 1. The van der Waals surface area contributed by atoms with E-state index in [0.29, 0.717) is 5.15 Å². The number of nitrogens with one attached hydrogen (secondary N) is 1. The lowest BCUT2D eigenvalue weighted by molar-refractivity contribution is 0.00618. The van der Waals surface area contributed by atoms with Crippen LogP contribution in [0, 0.1) is 0 Å². The molecule has 0 fully saturated rings. The molecule has 1 aromatic rings. The fourth-order valence-corrected chi connectivity index (χ4v) is 1.60. The van der Waals surface area contributed by atoms with Gasteiger partial charge < -0.3 is 15.8 Å². The van der Waals surface area contributed by atoms with Gasteiger partial charge in [0, 0.05) is 13.3 Å². The molecular weight excluding hydrogens is 264 g/mol. The van der Waals surface area contributed by atoms with Crippen molar-refractivity contribution in [3.8, 4) is 0 Å². The molecule has 3 N–H and O–H groups in total. The number of halogens is 3. The maximum Gasteiger partial charge on any atom is 0.272 e. The van der Waals surface area contributed by atoms with Crippen LogP contribution in [0.2, 0.25) is 5.15 Å². The number of methoxy groups -OCH3 is 1. The van der Waals surface area contributed by atoms with Crippen LogP contribution in [0.25, 0.3) is 0 Å². The van der Waals surface area contributed by atoms with E-state index in [0.717, 1.165) is 5.56 Å². The summed E-state index contributed by atoms with van der Waals surface area (Å²) >= 11 is 5.76. The summed E-state index contributed by atoms with van der Waals surface area (Å²) in [6, 6.07) is 2.93. The maximum absolute atomic E-state index is 13.1. The standard InChI is InChI=1S/C11H16ClF2N3O/c1-18-5-9(17-7-11(13,14)6-15)8-2-3-16-10(12)4-8/h2-4,9,17H,5-7,15H2,1H3. The fraction of sp³-hybridized carbons (Fsp3) is 0.545. The molecule has 1 aromatic heterocycles. The number of nitrogens with two attached hydrogens (primary N) is 1. The van der Waals surface area contributed by atoms with E-state index >= 15 is 0 Å². The fourth-order valence-electron chi connectivity index (χ4n) is 1.42. The van der Waals surface area contributed by atoms with E-state index in [-0.39, 0.29) is 12.6 Å². The first-order valence-corrected chi connectivity index (χ1v) is 5.78. The van der Waals surface area contributed by atoms with Crippen molar-refractivity contribution < 1.29 is 13.5 Å². The number of hydrogen-bond donors (Lipinski definition) is 2. The minimum atomic E-state index is -2.94. The smallest absolute Gasteiger partial charge is 0.272 e. The predicted molar refractivity (Wildman–Crippen MR) is 65.9 cm³/mol. The molecule has 1 atom stereocenters. The molecule has 18 heavy (non-hydrogen) atoms. The van der Waals surface area contributed by atoms with Crippen molar-refractivity contribution in [1.29, 1.82) is 0 Å². The normalized spacial score (nSPS) is 13.6. The molecule has 0 spiro atoms. The lowest BCUT2D eigenvalue weighted by Crippen LogP contribution is -2.41. The zero-order valence-electron chi connectivity index (χ0n) is 10.00. The zero-order valence-corrected chi connectivity index (χ0v) is 10.8. The van der Waals surface area contributed by atoms with Gasteiger partial charge in [0.05, 0.1) is 25.7 Å². The van der Waals surface area contributed by atoms with Crippen molar-refractivity contribution in [2.75, 3.05) is 26.8 Å². The lowest BCUT2D eigenvalue weighted by atomic mass is 10.1. The van der Waals surface area contributed by atoms with Gasteiger partial charge in [0.15, 0.2) is 0 Å². The van der Waals surface area contributed by atoms with Crippen molar-refractivity contribution in [3.05, 3.63) is 29.0 Å². The second kappa shape index (κ2) is 6.94. The average Bonchev–Trinajstić information content (AvgIpc) is 2.34. The second-order valence-electron chi connectivity index (χ2n) is 3.86. The summed E-state index contributed by atoms with van der Waals surface area (Å²) in [5.74, 6) is -2.94. The van der Waals surface area contributed by atoms with E-state index in [4.69, 9.17) is 22.1 Å². The third-order valence-electron chi connectivity index (χ3n) is 2.39. The van der Waals surface area contributed by atoms with Gasteiger partial charge in [0.2, 0.25) is 0 Å². The molecule has 1 unspecified atom stereocenters. The molecule has 102 valence electrons. The summed E-state index contributed by atoms with van der Waals surface area (Å²) in [4.78, 5) is 3.84. The molecule has 0 radical (unpaired) electrons. The van der Waals surface area contributed by atoms with Gasteiger partial charge in [-0.3, -0.25) is 0 Å². The Balaban J connectivity index is 2.71. The van der Waals surface area contributed by atoms with Gasteiger partial charge in [-0.1, -0.05) is 11.6 Å². The Morgan fingerprint density at radius 3 is 2.89 bits per heavy atom. The summed E-state index contributed by atoms with van der Waals surface area (Å²) in [5, 5.41) is 3.02. The van der Waals surface area contributed by atoms with Gasteiger partial charge in [-0.2, -0.15) is 0 Å². The number of alkyl halides is 2. The highest BCUT2D eigenvalue weighted by molar-refractivity contribution is 6.29. The molecule has 1 rings (SSSR count). The van der Waals surface area contributed by atoms with E-state index in [1.165, 1.54) is 13.3 Å². The van der Waals surface area contributed by atoms with Crippen LogP contribution in [0.4, 0.5) is 8.78 Å². The van der Waals surface area contributed by atoms with Crippen LogP contribution in [0.5, 0.6) is 0 Å². The van der Waals surface area contributed by atoms with Crippen LogP contribution < -0.4 is 11.1 Å². The Morgan fingerprint density at radius 1 is 1.61 bits per heavy atom. The van der Waals surface area contributed by atoms with Crippen LogP contribution in [0.1, 0.15) is 11.6 Å². The number of aromatic nitrogens is 1. The van der Waals surface area contributed by atoms with Crippen LogP contribution in [-0.4, -0.2) is 37.7 Å². The zero-order chi connectivity index (χ0) is 13.6. The molecule has 0 bridgehead atoms. The minimum absolute atomic E-state index is 0.251. The number of rotatable bonds is 7. The molecule has 0 saturated heterocycles. The van der Waals surface area contributed by atoms with E-state index in [1.807, 2.05) is 0 Å². The van der Waals surface area contributed by atoms with Gasteiger partial charge in [0.1, 0.15) is 5.15 Å². The summed E-state index contributed by atoms with van der Waals surface area (Å²) in [6.07, 6.45) is 1.52. The molecule has 1 heterocycles. The van der Waals surface area contributed by atoms with E-state index in [1.54, 1.807) is 12.1 Å². The third-order valence-corrected chi connectivity index (χ3v) is 2.60. The van der Waals surface area contributed by atoms with Crippen molar-refractivity contribution in [1.82, 2.24) is 10.3 Å². The Bertz CT molecular complexity index is 379. The van der Waals surface area contributed by atoms with Gasteiger partial charge in [-0.05, 0) is 17.7 Å². The van der Waals surface area contributed by atoms with E-state index < -0.39 is 19.0 Å². The highest BCUT2D eigenvalue weighted by Gasteiger charge is 2.27. The largest absolute Gasteiger partial charge is 0.383 e. The maximum atomic E-state index is 13.1. The van der Waals surface area contributed by atoms with Crippen LogP contribution in [0.3, 0.4) is 0 Å². The first kappa shape index (κ1) is 15.2. The van der Waals surface area contributed by atoms with Crippen LogP contribution in [0.15, 0.2) is 18.3 Å². The Hall–Kier alpha value is -0.820. The molecule has 0 aliphatic rings.